The van der Waals surface area contributed by atoms with Crippen LogP contribution in [0.25, 0.3) is 11.0 Å². The van der Waals surface area contributed by atoms with Gasteiger partial charge in [0.15, 0.2) is 5.65 Å². The van der Waals surface area contributed by atoms with Gasteiger partial charge in [0.05, 0.1) is 12.1 Å². The number of H-pyrrole nitrogens is 1. The Balaban J connectivity index is 2.44. The molecule has 2 aromatic heterocycles. The van der Waals surface area contributed by atoms with Crippen LogP contribution in [0.5, 0.6) is 0 Å². The van der Waals surface area contributed by atoms with Crippen LogP contribution >= 0.6 is 0 Å². The summed E-state index contributed by atoms with van der Waals surface area (Å²) in [5.74, 6) is -1.51. The van der Waals surface area contributed by atoms with Gasteiger partial charge < -0.3 is 0 Å². The van der Waals surface area contributed by atoms with Crippen LogP contribution in [0.2, 0.25) is 0 Å². The van der Waals surface area contributed by atoms with E-state index in [9.17, 15) is 13.2 Å². The lowest BCUT2D eigenvalue weighted by molar-refractivity contribution is -0.146. The van der Waals surface area contributed by atoms with Crippen LogP contribution in [0.4, 0.5) is 13.2 Å². The second-order valence-electron chi connectivity index (χ2n) is 3.34. The molecule has 0 spiro atoms. The third kappa shape index (κ3) is 1.79. The first-order valence-electron chi connectivity index (χ1n) is 4.34. The quantitative estimate of drug-likeness (QED) is 0.794. The monoisotopic (exact) mass is 215 g/mol. The highest BCUT2D eigenvalue weighted by Crippen LogP contribution is 2.34. The third-order valence-electron chi connectivity index (χ3n) is 2.30. The van der Waals surface area contributed by atoms with Gasteiger partial charge in [0.1, 0.15) is 0 Å². The molecule has 1 N–H and O–H groups in total. The molecule has 80 valence electrons. The van der Waals surface area contributed by atoms with E-state index in [1.807, 2.05) is 0 Å². The highest BCUT2D eigenvalue weighted by molar-refractivity contribution is 5.74. The Labute approximate surface area is 83.3 Å². The van der Waals surface area contributed by atoms with Gasteiger partial charge in [-0.15, -0.1) is 0 Å². The van der Waals surface area contributed by atoms with E-state index in [0.717, 1.165) is 6.92 Å². The van der Waals surface area contributed by atoms with Crippen molar-refractivity contribution >= 4 is 11.0 Å². The molecule has 15 heavy (non-hydrogen) atoms. The summed E-state index contributed by atoms with van der Waals surface area (Å²) in [5, 5.41) is 6.86. The van der Waals surface area contributed by atoms with Gasteiger partial charge in [0, 0.05) is 11.6 Å². The fraction of sp³-hybridized carbons (Fsp3) is 0.333. The van der Waals surface area contributed by atoms with E-state index in [-0.39, 0.29) is 5.56 Å². The first kappa shape index (κ1) is 9.95. The molecule has 6 heteroatoms. The van der Waals surface area contributed by atoms with Crippen molar-refractivity contribution in [1.29, 1.82) is 0 Å². The lowest BCUT2D eigenvalue weighted by atomic mass is 10.0. The van der Waals surface area contributed by atoms with Crippen LogP contribution in [0, 0.1) is 0 Å². The maximum atomic E-state index is 12.4. The van der Waals surface area contributed by atoms with Gasteiger partial charge in [-0.1, -0.05) is 0 Å². The number of hydrogen-bond donors (Lipinski definition) is 1. The Hall–Kier alpha value is -1.59. The normalized spacial score (nSPS) is 14.4. The molecule has 0 radical (unpaired) electrons. The molecule has 0 saturated heterocycles. The van der Waals surface area contributed by atoms with Crippen molar-refractivity contribution in [3.05, 3.63) is 24.0 Å². The molecule has 2 rings (SSSR count). The number of pyridine rings is 1. The molecule has 0 amide bonds. The van der Waals surface area contributed by atoms with Crippen molar-refractivity contribution < 1.29 is 13.2 Å². The Morgan fingerprint density at radius 2 is 2.07 bits per heavy atom. The SMILES string of the molecule is CC(c1cnc2[nH]ncc2c1)C(F)(F)F. The Kier molecular flexibility index (Phi) is 2.13. The van der Waals surface area contributed by atoms with Gasteiger partial charge in [0.2, 0.25) is 0 Å². The minimum atomic E-state index is -4.24. The Morgan fingerprint density at radius 1 is 1.33 bits per heavy atom. The number of nitrogens with one attached hydrogen (secondary N) is 1. The average Bonchev–Trinajstić information content (AvgIpc) is 2.61. The summed E-state index contributed by atoms with van der Waals surface area (Å²) in [6.07, 6.45) is -1.56. The van der Waals surface area contributed by atoms with Crippen molar-refractivity contribution in [3.8, 4) is 0 Å². The number of hydrogen-bond acceptors (Lipinski definition) is 2. The number of aromatic nitrogens is 3. The van der Waals surface area contributed by atoms with Crippen LogP contribution in [-0.2, 0) is 0 Å². The lowest BCUT2D eigenvalue weighted by Crippen LogP contribution is -2.17. The zero-order valence-corrected chi connectivity index (χ0v) is 7.84. The van der Waals surface area contributed by atoms with Crippen molar-refractivity contribution in [2.75, 3.05) is 0 Å². The van der Waals surface area contributed by atoms with Crippen molar-refractivity contribution in [3.63, 3.8) is 0 Å². The fourth-order valence-corrected chi connectivity index (χ4v) is 1.28. The standard InChI is InChI=1S/C9H8F3N3/c1-5(9(10,11)12)6-2-7-4-14-15-8(7)13-3-6/h2-5H,1H3,(H,13,14,15). The molecule has 1 atom stereocenters. The topological polar surface area (TPSA) is 41.6 Å². The van der Waals surface area contributed by atoms with E-state index < -0.39 is 12.1 Å². The highest BCUT2D eigenvalue weighted by atomic mass is 19.4. The smallest absolute Gasteiger partial charge is 0.261 e. The molecular formula is C9H8F3N3. The minimum absolute atomic E-state index is 0.149. The fourth-order valence-electron chi connectivity index (χ4n) is 1.28. The predicted octanol–water partition coefficient (Wildman–Crippen LogP) is 2.62. The molecular weight excluding hydrogens is 207 g/mol. The molecule has 0 aliphatic carbocycles. The maximum absolute atomic E-state index is 12.4. The largest absolute Gasteiger partial charge is 0.395 e. The number of aromatic amines is 1. The first-order chi connectivity index (χ1) is 6.98. The maximum Gasteiger partial charge on any atom is 0.395 e. The Morgan fingerprint density at radius 3 is 2.73 bits per heavy atom. The molecule has 0 aromatic carbocycles. The summed E-state index contributed by atoms with van der Waals surface area (Å²) < 4.78 is 37.2. The summed E-state index contributed by atoms with van der Waals surface area (Å²) in [5.41, 5.74) is 0.643. The van der Waals surface area contributed by atoms with Crippen molar-refractivity contribution in [1.82, 2.24) is 15.2 Å². The van der Waals surface area contributed by atoms with Crippen LogP contribution in [0.15, 0.2) is 18.5 Å². The number of fused-ring (bicyclic) bond motifs is 1. The first-order valence-corrected chi connectivity index (χ1v) is 4.34. The lowest BCUT2D eigenvalue weighted by Gasteiger charge is -2.15. The van der Waals surface area contributed by atoms with Crippen LogP contribution in [-0.4, -0.2) is 21.4 Å². The second kappa shape index (κ2) is 3.22. The highest BCUT2D eigenvalue weighted by Gasteiger charge is 2.37. The third-order valence-corrected chi connectivity index (χ3v) is 2.30. The molecule has 2 aromatic rings. The van der Waals surface area contributed by atoms with Gasteiger partial charge in [-0.25, -0.2) is 4.98 Å². The molecule has 0 bridgehead atoms. The number of rotatable bonds is 1. The van der Waals surface area contributed by atoms with E-state index in [0.29, 0.717) is 11.0 Å². The van der Waals surface area contributed by atoms with Crippen LogP contribution in [0.1, 0.15) is 18.4 Å². The summed E-state index contributed by atoms with van der Waals surface area (Å²) in [6, 6.07) is 1.45. The zero-order chi connectivity index (χ0) is 11.1. The summed E-state index contributed by atoms with van der Waals surface area (Å²) >= 11 is 0. The number of nitrogens with zero attached hydrogens (tertiary/aromatic N) is 2. The molecule has 0 saturated carbocycles. The Bertz CT molecular complexity index is 475. The van der Waals surface area contributed by atoms with Crippen LogP contribution < -0.4 is 0 Å². The minimum Gasteiger partial charge on any atom is -0.261 e. The van der Waals surface area contributed by atoms with Crippen molar-refractivity contribution in [2.24, 2.45) is 0 Å². The van der Waals surface area contributed by atoms with Crippen LogP contribution in [0.3, 0.4) is 0 Å². The number of alkyl halides is 3. The predicted molar refractivity (Wildman–Crippen MR) is 48.4 cm³/mol. The molecule has 1 unspecified atom stereocenters. The summed E-state index contributed by atoms with van der Waals surface area (Å²) in [7, 11) is 0. The molecule has 0 aliphatic heterocycles. The molecule has 3 nitrogen and oxygen atoms in total. The van der Waals surface area contributed by atoms with Crippen molar-refractivity contribution in [2.45, 2.75) is 19.0 Å². The molecule has 0 fully saturated rings. The van der Waals surface area contributed by atoms with E-state index in [1.165, 1.54) is 18.5 Å². The van der Waals surface area contributed by atoms with E-state index in [4.69, 9.17) is 0 Å². The van der Waals surface area contributed by atoms with Gasteiger partial charge in [-0.2, -0.15) is 18.3 Å². The van der Waals surface area contributed by atoms with Gasteiger partial charge >= 0.3 is 6.18 Å². The molecule has 2 heterocycles. The molecule has 0 aliphatic rings. The zero-order valence-electron chi connectivity index (χ0n) is 7.84. The van der Waals surface area contributed by atoms with Gasteiger partial charge in [0.25, 0.3) is 0 Å². The average molecular weight is 215 g/mol. The van der Waals surface area contributed by atoms with E-state index in [1.54, 1.807) is 0 Å². The van der Waals surface area contributed by atoms with Gasteiger partial charge in [-0.3, -0.25) is 5.10 Å². The summed E-state index contributed by atoms with van der Waals surface area (Å²) in [4.78, 5) is 3.86. The second-order valence-corrected chi connectivity index (χ2v) is 3.34. The summed E-state index contributed by atoms with van der Waals surface area (Å²) in [6.45, 7) is 1.11. The number of halogens is 3. The van der Waals surface area contributed by atoms with E-state index >= 15 is 0 Å². The van der Waals surface area contributed by atoms with E-state index in [2.05, 4.69) is 15.2 Å². The van der Waals surface area contributed by atoms with Gasteiger partial charge in [-0.05, 0) is 18.6 Å².